The lowest BCUT2D eigenvalue weighted by Gasteiger charge is -2.36. The Bertz CT molecular complexity index is 841. The van der Waals surface area contributed by atoms with Crippen molar-refractivity contribution < 1.29 is 4.79 Å². The molecule has 1 fully saturated rings. The van der Waals surface area contributed by atoms with Gasteiger partial charge >= 0.3 is 0 Å². The lowest BCUT2D eigenvalue weighted by atomic mass is 10.0. The topological polar surface area (TPSA) is 58.4 Å². The van der Waals surface area contributed by atoms with Crippen LogP contribution in [0.15, 0.2) is 30.3 Å². The predicted octanol–water partition coefficient (Wildman–Crippen LogP) is 5.86. The number of anilines is 3. The van der Waals surface area contributed by atoms with Crippen LogP contribution in [0.3, 0.4) is 0 Å². The maximum absolute atomic E-state index is 12.6. The Labute approximate surface area is 168 Å². The molecular formula is C19H20Cl3N3O. The van der Waals surface area contributed by atoms with E-state index in [9.17, 15) is 4.79 Å². The molecule has 2 aromatic rings. The van der Waals surface area contributed by atoms with E-state index >= 15 is 0 Å². The molecule has 0 bridgehead atoms. The number of amides is 1. The molecule has 3 N–H and O–H groups in total. The highest BCUT2D eigenvalue weighted by Crippen LogP contribution is 2.36. The van der Waals surface area contributed by atoms with Gasteiger partial charge in [-0.3, -0.25) is 4.79 Å². The van der Waals surface area contributed by atoms with Crippen molar-refractivity contribution in [1.82, 2.24) is 0 Å². The predicted molar refractivity (Wildman–Crippen MR) is 111 cm³/mol. The van der Waals surface area contributed by atoms with Crippen molar-refractivity contribution in [2.45, 2.75) is 32.2 Å². The number of benzene rings is 2. The van der Waals surface area contributed by atoms with E-state index in [0.29, 0.717) is 38.0 Å². The molecule has 0 spiro atoms. The summed E-state index contributed by atoms with van der Waals surface area (Å²) in [6, 6.07) is 8.64. The van der Waals surface area contributed by atoms with Crippen LogP contribution < -0.4 is 16.0 Å². The Hall–Kier alpha value is -1.62. The molecule has 0 unspecified atom stereocenters. The molecule has 7 heteroatoms. The first-order valence-corrected chi connectivity index (χ1v) is 9.62. The smallest absolute Gasteiger partial charge is 0.257 e. The van der Waals surface area contributed by atoms with Crippen LogP contribution in [0.5, 0.6) is 0 Å². The van der Waals surface area contributed by atoms with Crippen molar-refractivity contribution in [2.24, 2.45) is 0 Å². The van der Waals surface area contributed by atoms with Gasteiger partial charge in [-0.25, -0.2) is 0 Å². The molecular weight excluding hydrogens is 393 g/mol. The molecule has 138 valence electrons. The number of nitrogen functional groups attached to an aromatic ring is 1. The first kappa shape index (κ1) is 19.2. The largest absolute Gasteiger partial charge is 0.397 e. The Morgan fingerprint density at radius 2 is 1.92 bits per heavy atom. The van der Waals surface area contributed by atoms with Gasteiger partial charge in [0.1, 0.15) is 0 Å². The van der Waals surface area contributed by atoms with Gasteiger partial charge in [0.25, 0.3) is 5.91 Å². The summed E-state index contributed by atoms with van der Waals surface area (Å²) in [6.45, 7) is 3.11. The van der Waals surface area contributed by atoms with Crippen LogP contribution in [0, 0.1) is 0 Å². The van der Waals surface area contributed by atoms with Gasteiger partial charge in [-0.1, -0.05) is 34.8 Å². The SMILES string of the molecule is C[C@H]1CCCCN1c1cc(NC(=O)c2cc(Cl)ccc2Cl)c(Cl)cc1N. The van der Waals surface area contributed by atoms with Gasteiger partial charge in [-0.05, 0) is 56.5 Å². The number of hydrogen-bond donors (Lipinski definition) is 2. The van der Waals surface area contributed by atoms with Crippen LogP contribution in [0.25, 0.3) is 0 Å². The normalized spacial score (nSPS) is 17.2. The zero-order valence-corrected chi connectivity index (χ0v) is 16.6. The highest BCUT2D eigenvalue weighted by atomic mass is 35.5. The van der Waals surface area contributed by atoms with E-state index < -0.39 is 0 Å². The van der Waals surface area contributed by atoms with E-state index in [0.717, 1.165) is 25.1 Å². The molecule has 0 radical (unpaired) electrons. The molecule has 26 heavy (non-hydrogen) atoms. The quantitative estimate of drug-likeness (QED) is 0.621. The summed E-state index contributed by atoms with van der Waals surface area (Å²) in [4.78, 5) is 14.9. The second-order valence-corrected chi connectivity index (χ2v) is 7.76. The molecule has 1 heterocycles. The summed E-state index contributed by atoms with van der Waals surface area (Å²) in [5.74, 6) is -0.373. The van der Waals surface area contributed by atoms with E-state index in [1.165, 1.54) is 12.5 Å². The molecule has 1 aliphatic rings. The molecule has 0 aromatic heterocycles. The van der Waals surface area contributed by atoms with Crippen LogP contribution in [0.4, 0.5) is 17.1 Å². The van der Waals surface area contributed by atoms with Crippen LogP contribution in [-0.4, -0.2) is 18.5 Å². The summed E-state index contributed by atoms with van der Waals surface area (Å²) in [6.07, 6.45) is 3.44. The van der Waals surface area contributed by atoms with Gasteiger partial charge in [0, 0.05) is 17.6 Å². The summed E-state index contributed by atoms with van der Waals surface area (Å²) >= 11 is 18.4. The van der Waals surface area contributed by atoms with E-state index in [2.05, 4.69) is 17.1 Å². The maximum Gasteiger partial charge on any atom is 0.257 e. The Kier molecular flexibility index (Phi) is 5.86. The molecule has 1 aliphatic heterocycles. The number of nitrogens with zero attached hydrogens (tertiary/aromatic N) is 1. The van der Waals surface area contributed by atoms with E-state index in [-0.39, 0.29) is 5.91 Å². The third-order valence-corrected chi connectivity index (χ3v) is 5.53. The number of hydrogen-bond acceptors (Lipinski definition) is 3. The van der Waals surface area contributed by atoms with Crippen LogP contribution >= 0.6 is 34.8 Å². The molecule has 1 amide bonds. The number of carbonyl (C=O) groups excluding carboxylic acids is 1. The average Bonchev–Trinajstić information content (AvgIpc) is 2.60. The van der Waals surface area contributed by atoms with Crippen molar-refractivity contribution >= 4 is 57.8 Å². The molecule has 0 aliphatic carbocycles. The number of nitrogens with one attached hydrogen (secondary N) is 1. The monoisotopic (exact) mass is 411 g/mol. The standard InChI is InChI=1S/C19H20Cl3N3O/c1-11-4-2-3-7-25(11)18-10-17(15(22)9-16(18)23)24-19(26)13-8-12(20)5-6-14(13)21/h5-6,8-11H,2-4,7,23H2,1H3,(H,24,26)/t11-/m0/s1. The Morgan fingerprint density at radius 1 is 1.15 bits per heavy atom. The van der Waals surface area contributed by atoms with Gasteiger partial charge in [-0.2, -0.15) is 0 Å². The number of halogens is 3. The van der Waals surface area contributed by atoms with Crippen molar-refractivity contribution in [3.8, 4) is 0 Å². The number of rotatable bonds is 3. The van der Waals surface area contributed by atoms with Gasteiger partial charge in [0.05, 0.1) is 32.7 Å². The van der Waals surface area contributed by atoms with Gasteiger partial charge in [0.15, 0.2) is 0 Å². The first-order valence-electron chi connectivity index (χ1n) is 8.49. The lowest BCUT2D eigenvalue weighted by Crippen LogP contribution is -2.37. The maximum atomic E-state index is 12.6. The molecule has 1 atom stereocenters. The highest BCUT2D eigenvalue weighted by molar-refractivity contribution is 6.37. The van der Waals surface area contributed by atoms with Crippen LogP contribution in [0.1, 0.15) is 36.5 Å². The van der Waals surface area contributed by atoms with Crippen LogP contribution in [-0.2, 0) is 0 Å². The van der Waals surface area contributed by atoms with Crippen LogP contribution in [0.2, 0.25) is 15.1 Å². The molecule has 3 rings (SSSR count). The summed E-state index contributed by atoms with van der Waals surface area (Å²) in [7, 11) is 0. The third kappa shape index (κ3) is 4.03. The van der Waals surface area contributed by atoms with Gasteiger partial charge < -0.3 is 16.0 Å². The summed E-state index contributed by atoms with van der Waals surface area (Å²) < 4.78 is 0. The molecule has 2 aromatic carbocycles. The van der Waals surface area contributed by atoms with Crippen molar-refractivity contribution in [3.63, 3.8) is 0 Å². The Balaban J connectivity index is 1.91. The van der Waals surface area contributed by atoms with Crippen molar-refractivity contribution in [2.75, 3.05) is 22.5 Å². The minimum atomic E-state index is -0.373. The minimum Gasteiger partial charge on any atom is -0.397 e. The second kappa shape index (κ2) is 7.95. The fraction of sp³-hybridized carbons (Fsp3) is 0.316. The highest BCUT2D eigenvalue weighted by Gasteiger charge is 2.22. The average molecular weight is 413 g/mol. The second-order valence-electron chi connectivity index (χ2n) is 6.51. The molecule has 0 saturated carbocycles. The minimum absolute atomic E-state index is 0.292. The fourth-order valence-electron chi connectivity index (χ4n) is 3.24. The number of carbonyl (C=O) groups is 1. The Morgan fingerprint density at radius 3 is 2.65 bits per heavy atom. The van der Waals surface area contributed by atoms with Crippen molar-refractivity contribution in [1.29, 1.82) is 0 Å². The zero-order chi connectivity index (χ0) is 18.8. The van der Waals surface area contributed by atoms with Crippen molar-refractivity contribution in [3.05, 3.63) is 51.0 Å². The molecule has 4 nitrogen and oxygen atoms in total. The first-order chi connectivity index (χ1) is 12.4. The lowest BCUT2D eigenvalue weighted by molar-refractivity contribution is 0.102. The van der Waals surface area contributed by atoms with Gasteiger partial charge in [-0.15, -0.1) is 0 Å². The number of nitrogens with two attached hydrogens (primary N) is 1. The van der Waals surface area contributed by atoms with Gasteiger partial charge in [0.2, 0.25) is 0 Å². The molecule has 1 saturated heterocycles. The fourth-order valence-corrected chi connectivity index (χ4v) is 3.83. The zero-order valence-electron chi connectivity index (χ0n) is 14.4. The third-order valence-electron chi connectivity index (χ3n) is 4.65. The van der Waals surface area contributed by atoms with E-state index in [1.54, 1.807) is 18.2 Å². The number of piperidine rings is 1. The van der Waals surface area contributed by atoms with E-state index in [1.807, 2.05) is 6.07 Å². The summed E-state index contributed by atoms with van der Waals surface area (Å²) in [5.41, 5.74) is 8.46. The summed E-state index contributed by atoms with van der Waals surface area (Å²) in [5, 5.41) is 3.96. The van der Waals surface area contributed by atoms with E-state index in [4.69, 9.17) is 40.5 Å².